The van der Waals surface area contributed by atoms with Crippen molar-refractivity contribution in [2.75, 3.05) is 25.6 Å². The van der Waals surface area contributed by atoms with E-state index in [9.17, 15) is 4.79 Å². The Balaban J connectivity index is 1.69. The van der Waals surface area contributed by atoms with Gasteiger partial charge >= 0.3 is 0 Å². The molecule has 1 N–H and O–H groups in total. The second-order valence-electron chi connectivity index (χ2n) is 6.36. The molecule has 7 nitrogen and oxygen atoms in total. The largest absolute Gasteiger partial charge is 0.369 e. The molecule has 1 amide bonds. The van der Waals surface area contributed by atoms with Crippen molar-refractivity contribution in [2.45, 2.75) is 32.5 Å². The van der Waals surface area contributed by atoms with Crippen LogP contribution in [-0.2, 0) is 22.6 Å². The molecule has 7 heteroatoms. The van der Waals surface area contributed by atoms with Crippen LogP contribution >= 0.6 is 0 Å². The number of aromatic nitrogens is 3. The van der Waals surface area contributed by atoms with E-state index in [1.54, 1.807) is 12.4 Å². The maximum Gasteiger partial charge on any atom is 0.226 e. The van der Waals surface area contributed by atoms with E-state index in [1.165, 1.54) is 0 Å². The van der Waals surface area contributed by atoms with Crippen LogP contribution in [0.25, 0.3) is 0 Å². The third-order valence-electron chi connectivity index (χ3n) is 4.52. The molecule has 0 aliphatic carbocycles. The quantitative estimate of drug-likeness (QED) is 0.865. The zero-order chi connectivity index (χ0) is 17.8. The third kappa shape index (κ3) is 3.66. The van der Waals surface area contributed by atoms with Gasteiger partial charge in [0.05, 0.1) is 5.92 Å². The Bertz CT molecular complexity index is 728. The molecule has 2 atom stereocenters. The molecule has 1 aliphatic heterocycles. The summed E-state index contributed by atoms with van der Waals surface area (Å²) in [6.07, 6.45) is 5.86. The lowest BCUT2D eigenvalue weighted by Gasteiger charge is -2.20. The molecule has 3 rings (SSSR count). The van der Waals surface area contributed by atoms with Crippen LogP contribution in [0.4, 0.5) is 5.82 Å². The van der Waals surface area contributed by atoms with Crippen molar-refractivity contribution in [3.05, 3.63) is 42.1 Å². The monoisotopic (exact) mass is 343 g/mol. The number of carbonyl (C=O) groups excluding carboxylic acids is 1. The molecule has 134 valence electrons. The van der Waals surface area contributed by atoms with Gasteiger partial charge in [0.2, 0.25) is 5.91 Å². The van der Waals surface area contributed by atoms with Crippen LogP contribution in [-0.4, -0.2) is 41.1 Å². The molecule has 0 saturated carbocycles. The fourth-order valence-corrected chi connectivity index (χ4v) is 3.24. The molecule has 3 heterocycles. The summed E-state index contributed by atoms with van der Waals surface area (Å²) in [4.78, 5) is 23.5. The molecule has 0 radical (unpaired) electrons. The van der Waals surface area contributed by atoms with Crippen LogP contribution in [0.5, 0.6) is 0 Å². The summed E-state index contributed by atoms with van der Waals surface area (Å²) in [5.74, 6) is 1.48. The topological polar surface area (TPSA) is 72.3 Å². The Morgan fingerprint density at radius 3 is 3.00 bits per heavy atom. The van der Waals surface area contributed by atoms with Crippen molar-refractivity contribution in [1.29, 1.82) is 0 Å². The van der Waals surface area contributed by atoms with Crippen molar-refractivity contribution in [2.24, 2.45) is 5.92 Å². The number of aryl methyl sites for hydroxylation is 1. The number of nitrogens with zero attached hydrogens (tertiary/aromatic N) is 4. The Morgan fingerprint density at radius 2 is 2.24 bits per heavy atom. The number of hydrogen-bond donors (Lipinski definition) is 1. The molecule has 0 bridgehead atoms. The molecular weight excluding hydrogens is 318 g/mol. The fraction of sp³-hybridized carbons (Fsp3) is 0.500. The standard InChI is InChI=1S/C18H25N5O2/c1-4-23-10-9-20-17(23)15-14(7-11-25-15)18(24)21-12-13-6-5-8-19-16(13)22(2)3/h5-6,8-10,14-15H,4,7,11-12H2,1-3H3,(H,21,24)/t14-,15-/m1/s1. The first kappa shape index (κ1) is 17.4. The molecule has 0 spiro atoms. The molecule has 1 aliphatic rings. The Hall–Kier alpha value is -2.41. The van der Waals surface area contributed by atoms with E-state index in [-0.39, 0.29) is 17.9 Å². The summed E-state index contributed by atoms with van der Waals surface area (Å²) in [5.41, 5.74) is 0.992. The normalized spacial score (nSPS) is 19.8. The van der Waals surface area contributed by atoms with E-state index in [4.69, 9.17) is 4.74 Å². The SMILES string of the molecule is CCn1ccnc1[C@@H]1OCC[C@H]1C(=O)NCc1cccnc1N(C)C. The maximum absolute atomic E-state index is 12.7. The highest BCUT2D eigenvalue weighted by molar-refractivity contribution is 5.79. The van der Waals surface area contributed by atoms with Crippen LogP contribution in [0.3, 0.4) is 0 Å². The minimum atomic E-state index is -0.280. The van der Waals surface area contributed by atoms with E-state index >= 15 is 0 Å². The molecule has 0 unspecified atom stereocenters. The van der Waals surface area contributed by atoms with Gasteiger partial charge in [-0.2, -0.15) is 0 Å². The minimum Gasteiger partial charge on any atom is -0.369 e. The van der Waals surface area contributed by atoms with Crippen molar-refractivity contribution < 1.29 is 9.53 Å². The first-order chi connectivity index (χ1) is 12.1. The fourth-order valence-electron chi connectivity index (χ4n) is 3.24. The number of pyridine rings is 1. The van der Waals surface area contributed by atoms with Crippen LogP contribution in [0, 0.1) is 5.92 Å². The summed E-state index contributed by atoms with van der Waals surface area (Å²) in [7, 11) is 3.89. The van der Waals surface area contributed by atoms with Crippen molar-refractivity contribution in [1.82, 2.24) is 19.9 Å². The Kier molecular flexibility index (Phi) is 5.33. The molecular formula is C18H25N5O2. The first-order valence-corrected chi connectivity index (χ1v) is 8.63. The highest BCUT2D eigenvalue weighted by Crippen LogP contribution is 2.34. The number of imidazole rings is 1. The third-order valence-corrected chi connectivity index (χ3v) is 4.52. The van der Waals surface area contributed by atoms with Crippen LogP contribution in [0.15, 0.2) is 30.7 Å². The van der Waals surface area contributed by atoms with E-state index in [2.05, 4.69) is 22.2 Å². The summed E-state index contributed by atoms with van der Waals surface area (Å²) in [5, 5.41) is 3.04. The number of ether oxygens (including phenoxy) is 1. The number of hydrogen-bond acceptors (Lipinski definition) is 5. The van der Waals surface area contributed by atoms with Gasteiger partial charge in [-0.1, -0.05) is 6.07 Å². The maximum atomic E-state index is 12.7. The average molecular weight is 343 g/mol. The zero-order valence-electron chi connectivity index (χ0n) is 15.0. The van der Waals surface area contributed by atoms with Gasteiger partial charge in [-0.15, -0.1) is 0 Å². The molecule has 1 fully saturated rings. The molecule has 0 aromatic carbocycles. The zero-order valence-corrected chi connectivity index (χ0v) is 15.0. The van der Waals surface area contributed by atoms with Gasteiger partial charge in [0.25, 0.3) is 0 Å². The lowest BCUT2D eigenvalue weighted by Crippen LogP contribution is -2.33. The van der Waals surface area contributed by atoms with E-state index in [0.717, 1.165) is 23.8 Å². The van der Waals surface area contributed by atoms with Crippen molar-refractivity contribution in [3.63, 3.8) is 0 Å². The van der Waals surface area contributed by atoms with Gasteiger partial charge in [-0.25, -0.2) is 9.97 Å². The predicted molar refractivity (Wildman–Crippen MR) is 95.1 cm³/mol. The minimum absolute atomic E-state index is 0.00159. The van der Waals surface area contributed by atoms with Gasteiger partial charge in [0.15, 0.2) is 0 Å². The second-order valence-corrected chi connectivity index (χ2v) is 6.36. The highest BCUT2D eigenvalue weighted by atomic mass is 16.5. The van der Waals surface area contributed by atoms with Gasteiger partial charge in [-0.3, -0.25) is 4.79 Å². The molecule has 2 aromatic rings. The van der Waals surface area contributed by atoms with Gasteiger partial charge < -0.3 is 19.5 Å². The van der Waals surface area contributed by atoms with E-state index in [1.807, 2.05) is 41.9 Å². The molecule has 2 aromatic heterocycles. The number of rotatable bonds is 6. The number of carbonyl (C=O) groups is 1. The lowest BCUT2D eigenvalue weighted by atomic mass is 9.99. The molecule has 1 saturated heterocycles. The van der Waals surface area contributed by atoms with Gasteiger partial charge in [0.1, 0.15) is 17.7 Å². The first-order valence-electron chi connectivity index (χ1n) is 8.63. The summed E-state index contributed by atoms with van der Waals surface area (Å²) >= 11 is 0. The van der Waals surface area contributed by atoms with Gasteiger partial charge in [0, 0.05) is 57.9 Å². The summed E-state index contributed by atoms with van der Waals surface area (Å²) in [6.45, 7) is 3.90. The second kappa shape index (κ2) is 7.65. The van der Waals surface area contributed by atoms with Crippen LogP contribution < -0.4 is 10.2 Å². The average Bonchev–Trinajstić information content (AvgIpc) is 3.27. The smallest absolute Gasteiger partial charge is 0.226 e. The summed E-state index contributed by atoms with van der Waals surface area (Å²) < 4.78 is 7.85. The van der Waals surface area contributed by atoms with E-state index in [0.29, 0.717) is 19.6 Å². The number of anilines is 1. The summed E-state index contributed by atoms with van der Waals surface area (Å²) in [6, 6.07) is 3.86. The van der Waals surface area contributed by atoms with Gasteiger partial charge in [-0.05, 0) is 19.4 Å². The van der Waals surface area contributed by atoms with Crippen LogP contribution in [0.2, 0.25) is 0 Å². The van der Waals surface area contributed by atoms with Crippen LogP contribution in [0.1, 0.15) is 30.8 Å². The number of amides is 1. The predicted octanol–water partition coefficient (Wildman–Crippen LogP) is 1.76. The Morgan fingerprint density at radius 1 is 1.40 bits per heavy atom. The number of nitrogens with one attached hydrogen (secondary N) is 1. The Labute approximate surface area is 148 Å². The van der Waals surface area contributed by atoms with E-state index < -0.39 is 0 Å². The lowest BCUT2D eigenvalue weighted by molar-refractivity contribution is -0.127. The highest BCUT2D eigenvalue weighted by Gasteiger charge is 2.37. The van der Waals surface area contributed by atoms with Crippen molar-refractivity contribution in [3.8, 4) is 0 Å². The van der Waals surface area contributed by atoms with Crippen molar-refractivity contribution >= 4 is 11.7 Å². The molecule has 25 heavy (non-hydrogen) atoms.